The summed E-state index contributed by atoms with van der Waals surface area (Å²) in [4.78, 5) is 32.8. The molecule has 134 valence electrons. The van der Waals surface area contributed by atoms with Gasteiger partial charge >= 0.3 is 0 Å². The number of aromatic nitrogens is 3. The lowest BCUT2D eigenvalue weighted by Crippen LogP contribution is -2.42. The number of imidazole rings is 1. The Morgan fingerprint density at radius 2 is 1.96 bits per heavy atom. The first-order chi connectivity index (χ1) is 12.6. The number of para-hydroxylation sites is 2. The van der Waals surface area contributed by atoms with Crippen LogP contribution in [0.3, 0.4) is 0 Å². The van der Waals surface area contributed by atoms with Gasteiger partial charge in [0.1, 0.15) is 11.4 Å². The molecular formula is C18H19N5O3. The fraction of sp³-hybridized carbons (Fsp3) is 0.222. The number of pyridine rings is 1. The van der Waals surface area contributed by atoms with E-state index >= 15 is 0 Å². The quantitative estimate of drug-likeness (QED) is 0.675. The molecule has 0 aliphatic rings. The van der Waals surface area contributed by atoms with Gasteiger partial charge in [-0.05, 0) is 31.2 Å². The first-order valence-electron chi connectivity index (χ1n) is 8.17. The van der Waals surface area contributed by atoms with E-state index in [1.54, 1.807) is 19.1 Å². The van der Waals surface area contributed by atoms with Crippen molar-refractivity contribution < 1.29 is 14.3 Å². The molecule has 2 N–H and O–H groups in total. The van der Waals surface area contributed by atoms with Crippen molar-refractivity contribution in [3.63, 3.8) is 0 Å². The molecule has 1 aromatic carbocycles. The van der Waals surface area contributed by atoms with E-state index in [1.165, 1.54) is 6.20 Å². The average Bonchev–Trinajstić information content (AvgIpc) is 2.96. The monoisotopic (exact) mass is 353 g/mol. The Kier molecular flexibility index (Phi) is 5.12. The van der Waals surface area contributed by atoms with Gasteiger partial charge in [-0.25, -0.2) is 9.97 Å². The van der Waals surface area contributed by atoms with Crippen molar-refractivity contribution in [3.05, 3.63) is 54.0 Å². The normalized spacial score (nSPS) is 10.5. The number of amides is 2. The molecule has 3 rings (SSSR count). The van der Waals surface area contributed by atoms with E-state index in [1.807, 2.05) is 35.9 Å². The number of nitrogens with zero attached hydrogens (tertiary/aromatic N) is 3. The summed E-state index contributed by atoms with van der Waals surface area (Å²) in [6, 6.07) is 10.8. The topological polar surface area (TPSA) is 98.1 Å². The van der Waals surface area contributed by atoms with Crippen molar-refractivity contribution in [1.82, 2.24) is 25.4 Å². The van der Waals surface area contributed by atoms with Gasteiger partial charge in [0.2, 0.25) is 11.8 Å². The lowest BCUT2D eigenvalue weighted by atomic mass is 10.2. The second-order valence-electron chi connectivity index (χ2n) is 5.54. The van der Waals surface area contributed by atoms with Crippen LogP contribution in [0.15, 0.2) is 42.6 Å². The maximum absolute atomic E-state index is 12.2. The standard InChI is InChI=1S/C18H19N5O3/c1-3-26-18-12(7-6-10-19-18)17(25)22-21-16(24)11-15-20-13-8-4-5-9-14(13)23(15)2/h4-10H,3,11H2,1-2H3,(H,21,24)(H,22,25). The molecular weight excluding hydrogens is 334 g/mol. The van der Waals surface area contributed by atoms with Crippen LogP contribution in [0.2, 0.25) is 0 Å². The molecule has 0 fully saturated rings. The van der Waals surface area contributed by atoms with E-state index in [4.69, 9.17) is 4.74 Å². The molecule has 2 heterocycles. The molecule has 2 amide bonds. The van der Waals surface area contributed by atoms with Crippen molar-refractivity contribution in [3.8, 4) is 5.88 Å². The van der Waals surface area contributed by atoms with Crippen molar-refractivity contribution in [2.75, 3.05) is 6.61 Å². The third-order valence-corrected chi connectivity index (χ3v) is 3.81. The minimum Gasteiger partial charge on any atom is -0.477 e. The number of fused-ring (bicyclic) bond motifs is 1. The van der Waals surface area contributed by atoms with Crippen LogP contribution in [0.25, 0.3) is 11.0 Å². The minimum atomic E-state index is -0.500. The molecule has 0 saturated carbocycles. The fourth-order valence-electron chi connectivity index (χ4n) is 2.55. The Morgan fingerprint density at radius 1 is 1.15 bits per heavy atom. The number of hydrogen-bond donors (Lipinski definition) is 2. The van der Waals surface area contributed by atoms with Gasteiger partial charge in [-0.2, -0.15) is 0 Å². The van der Waals surface area contributed by atoms with Crippen LogP contribution in [-0.4, -0.2) is 33.0 Å². The molecule has 3 aromatic rings. The van der Waals surface area contributed by atoms with Crippen LogP contribution >= 0.6 is 0 Å². The first kappa shape index (κ1) is 17.4. The summed E-state index contributed by atoms with van der Waals surface area (Å²) < 4.78 is 7.16. The smallest absolute Gasteiger partial charge is 0.275 e. The number of rotatable bonds is 5. The molecule has 8 nitrogen and oxygen atoms in total. The van der Waals surface area contributed by atoms with Gasteiger partial charge in [0.15, 0.2) is 0 Å². The number of hydrazine groups is 1. The van der Waals surface area contributed by atoms with Crippen LogP contribution in [-0.2, 0) is 18.3 Å². The summed E-state index contributed by atoms with van der Waals surface area (Å²) in [5, 5.41) is 0. The Bertz CT molecular complexity index is 951. The third kappa shape index (κ3) is 3.64. The highest BCUT2D eigenvalue weighted by molar-refractivity contribution is 5.97. The third-order valence-electron chi connectivity index (χ3n) is 3.81. The predicted octanol–water partition coefficient (Wildman–Crippen LogP) is 1.37. The number of hydrogen-bond acceptors (Lipinski definition) is 5. The van der Waals surface area contributed by atoms with Crippen molar-refractivity contribution >= 4 is 22.8 Å². The van der Waals surface area contributed by atoms with Crippen LogP contribution < -0.4 is 15.6 Å². The Hall–Kier alpha value is -3.42. The number of nitrogens with one attached hydrogen (secondary N) is 2. The lowest BCUT2D eigenvalue weighted by Gasteiger charge is -2.10. The molecule has 0 unspecified atom stereocenters. The van der Waals surface area contributed by atoms with Gasteiger partial charge < -0.3 is 9.30 Å². The zero-order chi connectivity index (χ0) is 18.5. The molecule has 2 aromatic heterocycles. The molecule has 0 saturated heterocycles. The average molecular weight is 353 g/mol. The highest BCUT2D eigenvalue weighted by Crippen LogP contribution is 2.15. The summed E-state index contributed by atoms with van der Waals surface area (Å²) in [5.74, 6) is -0.0510. The Labute approximate surface area is 150 Å². The molecule has 0 aliphatic heterocycles. The SMILES string of the molecule is CCOc1ncccc1C(=O)NNC(=O)Cc1nc2ccccc2n1C. The minimum absolute atomic E-state index is 0.0385. The number of aryl methyl sites for hydroxylation is 1. The van der Waals surface area contributed by atoms with Crippen LogP contribution in [0.5, 0.6) is 5.88 Å². The van der Waals surface area contributed by atoms with Crippen molar-refractivity contribution in [2.45, 2.75) is 13.3 Å². The molecule has 8 heteroatoms. The Balaban J connectivity index is 1.63. The summed E-state index contributed by atoms with van der Waals surface area (Å²) >= 11 is 0. The highest BCUT2D eigenvalue weighted by atomic mass is 16.5. The van der Waals surface area contributed by atoms with Gasteiger partial charge in [0.05, 0.1) is 24.1 Å². The maximum atomic E-state index is 12.2. The first-order valence-corrected chi connectivity index (χ1v) is 8.17. The van der Waals surface area contributed by atoms with Gasteiger partial charge in [-0.3, -0.25) is 20.4 Å². The van der Waals surface area contributed by atoms with Gasteiger partial charge in [0, 0.05) is 13.2 Å². The molecule has 0 aliphatic carbocycles. The maximum Gasteiger partial charge on any atom is 0.275 e. The van der Waals surface area contributed by atoms with E-state index in [0.717, 1.165) is 11.0 Å². The number of ether oxygens (including phenoxy) is 1. The number of carbonyl (C=O) groups excluding carboxylic acids is 2. The molecule has 0 radical (unpaired) electrons. The van der Waals surface area contributed by atoms with E-state index < -0.39 is 5.91 Å². The molecule has 0 spiro atoms. The second kappa shape index (κ2) is 7.64. The fourth-order valence-corrected chi connectivity index (χ4v) is 2.55. The zero-order valence-corrected chi connectivity index (χ0v) is 14.5. The van der Waals surface area contributed by atoms with E-state index in [0.29, 0.717) is 12.4 Å². The van der Waals surface area contributed by atoms with E-state index in [9.17, 15) is 9.59 Å². The van der Waals surface area contributed by atoms with E-state index in [2.05, 4.69) is 20.8 Å². The highest BCUT2D eigenvalue weighted by Gasteiger charge is 2.15. The van der Waals surface area contributed by atoms with E-state index in [-0.39, 0.29) is 23.8 Å². The van der Waals surface area contributed by atoms with Crippen molar-refractivity contribution in [2.24, 2.45) is 7.05 Å². The largest absolute Gasteiger partial charge is 0.477 e. The van der Waals surface area contributed by atoms with Crippen molar-refractivity contribution in [1.29, 1.82) is 0 Å². The predicted molar refractivity (Wildman–Crippen MR) is 95.4 cm³/mol. The lowest BCUT2D eigenvalue weighted by molar-refractivity contribution is -0.121. The summed E-state index contributed by atoms with van der Waals surface area (Å²) in [6.45, 7) is 2.19. The summed E-state index contributed by atoms with van der Waals surface area (Å²) in [6.07, 6.45) is 1.57. The van der Waals surface area contributed by atoms with Crippen LogP contribution in [0.1, 0.15) is 23.1 Å². The number of carbonyl (C=O) groups is 2. The van der Waals surface area contributed by atoms with Crippen LogP contribution in [0, 0.1) is 0 Å². The van der Waals surface area contributed by atoms with Gasteiger partial charge in [0.25, 0.3) is 5.91 Å². The number of benzene rings is 1. The second-order valence-corrected chi connectivity index (χ2v) is 5.54. The Morgan fingerprint density at radius 3 is 2.73 bits per heavy atom. The van der Waals surface area contributed by atoms with Gasteiger partial charge in [-0.1, -0.05) is 12.1 Å². The van der Waals surface area contributed by atoms with Gasteiger partial charge in [-0.15, -0.1) is 0 Å². The molecule has 0 atom stereocenters. The molecule has 26 heavy (non-hydrogen) atoms. The summed E-state index contributed by atoms with van der Waals surface area (Å²) in [7, 11) is 1.85. The summed E-state index contributed by atoms with van der Waals surface area (Å²) in [5.41, 5.74) is 6.78. The molecule has 0 bridgehead atoms. The van der Waals surface area contributed by atoms with Crippen LogP contribution in [0.4, 0.5) is 0 Å². The zero-order valence-electron chi connectivity index (χ0n) is 14.5.